The lowest BCUT2D eigenvalue weighted by Gasteiger charge is -2.34. The van der Waals surface area contributed by atoms with Crippen molar-refractivity contribution in [2.45, 2.75) is 25.8 Å². The number of benzene rings is 1. The first kappa shape index (κ1) is 9.46. The number of para-hydroxylation sites is 1. The maximum absolute atomic E-state index is 4.13. The number of fused-ring (bicyclic) bond motifs is 1. The Labute approximate surface area is 95.3 Å². The van der Waals surface area contributed by atoms with Gasteiger partial charge in [-0.1, -0.05) is 18.2 Å². The van der Waals surface area contributed by atoms with Crippen molar-refractivity contribution in [3.8, 4) is 0 Å². The van der Waals surface area contributed by atoms with Crippen LogP contribution < -0.4 is 5.01 Å². The van der Waals surface area contributed by atoms with Gasteiger partial charge >= 0.3 is 0 Å². The Morgan fingerprint density at radius 1 is 1.25 bits per heavy atom. The zero-order valence-electron chi connectivity index (χ0n) is 9.59. The van der Waals surface area contributed by atoms with Gasteiger partial charge in [0.05, 0.1) is 11.2 Å². The topological polar surface area (TPSA) is 21.1 Å². The molecule has 0 unspecified atom stereocenters. The molecule has 0 fully saturated rings. The highest BCUT2D eigenvalue weighted by molar-refractivity contribution is 5.60. The highest BCUT2D eigenvalue weighted by Crippen LogP contribution is 2.38. The van der Waals surface area contributed by atoms with E-state index in [1.165, 1.54) is 11.3 Å². The summed E-state index contributed by atoms with van der Waals surface area (Å²) in [6.45, 7) is 4.51. The molecule has 3 heteroatoms. The summed E-state index contributed by atoms with van der Waals surface area (Å²) in [4.78, 5) is 4.13. The van der Waals surface area contributed by atoms with Crippen LogP contribution in [0.15, 0.2) is 43.0 Å². The van der Waals surface area contributed by atoms with Gasteiger partial charge in [-0.25, -0.2) is 9.66 Å². The van der Waals surface area contributed by atoms with Crippen molar-refractivity contribution >= 4 is 5.69 Å². The average molecular weight is 213 g/mol. The van der Waals surface area contributed by atoms with Gasteiger partial charge in [0.1, 0.15) is 6.33 Å². The Morgan fingerprint density at radius 3 is 2.81 bits per heavy atom. The number of rotatable bonds is 1. The highest BCUT2D eigenvalue weighted by Gasteiger charge is 2.36. The zero-order valence-corrected chi connectivity index (χ0v) is 9.59. The predicted octanol–water partition coefficient (Wildman–Crippen LogP) is 2.49. The van der Waals surface area contributed by atoms with Gasteiger partial charge in [-0.3, -0.25) is 5.01 Å². The second-order valence-corrected chi connectivity index (χ2v) is 4.87. The highest BCUT2D eigenvalue weighted by atomic mass is 15.6. The molecule has 0 N–H and O–H groups in total. The maximum atomic E-state index is 4.13. The summed E-state index contributed by atoms with van der Waals surface area (Å²) >= 11 is 0. The lowest BCUT2D eigenvalue weighted by molar-refractivity contribution is 0.447. The van der Waals surface area contributed by atoms with E-state index in [1.54, 1.807) is 0 Å². The number of hydrogen-bond acceptors (Lipinski definition) is 2. The second kappa shape index (κ2) is 3.11. The Hall–Kier alpha value is -1.77. The second-order valence-electron chi connectivity index (χ2n) is 4.87. The fraction of sp³-hybridized carbons (Fsp3) is 0.308. The summed E-state index contributed by atoms with van der Waals surface area (Å²) in [5.41, 5.74) is 2.79. The average Bonchev–Trinajstić information content (AvgIpc) is 2.80. The summed E-state index contributed by atoms with van der Waals surface area (Å²) in [6.07, 6.45) is 6.73. The number of aromatic nitrogens is 2. The molecule has 0 aliphatic carbocycles. The molecule has 2 heterocycles. The molecule has 0 spiro atoms. The Kier molecular flexibility index (Phi) is 1.84. The molecule has 0 bridgehead atoms. The molecule has 16 heavy (non-hydrogen) atoms. The van der Waals surface area contributed by atoms with Crippen LogP contribution in [0.2, 0.25) is 0 Å². The fourth-order valence-corrected chi connectivity index (χ4v) is 2.54. The zero-order chi connectivity index (χ0) is 11.2. The van der Waals surface area contributed by atoms with Crippen molar-refractivity contribution < 1.29 is 0 Å². The third-order valence-electron chi connectivity index (χ3n) is 3.14. The first-order chi connectivity index (χ1) is 7.68. The van der Waals surface area contributed by atoms with Crippen molar-refractivity contribution in [2.24, 2.45) is 0 Å². The van der Waals surface area contributed by atoms with Crippen molar-refractivity contribution in [3.63, 3.8) is 0 Å². The Bertz CT molecular complexity index is 500. The van der Waals surface area contributed by atoms with Gasteiger partial charge in [0.15, 0.2) is 0 Å². The van der Waals surface area contributed by atoms with Gasteiger partial charge in [0.2, 0.25) is 0 Å². The van der Waals surface area contributed by atoms with E-state index in [-0.39, 0.29) is 5.54 Å². The molecule has 1 aromatic heterocycles. The van der Waals surface area contributed by atoms with Crippen LogP contribution in [-0.2, 0) is 6.42 Å². The van der Waals surface area contributed by atoms with E-state index >= 15 is 0 Å². The first-order valence-electron chi connectivity index (χ1n) is 5.55. The molecule has 0 saturated heterocycles. The molecule has 0 amide bonds. The van der Waals surface area contributed by atoms with E-state index in [1.807, 2.05) is 18.7 Å². The van der Waals surface area contributed by atoms with Crippen molar-refractivity contribution in [1.82, 2.24) is 9.66 Å². The van der Waals surface area contributed by atoms with Crippen LogP contribution in [0.1, 0.15) is 19.4 Å². The minimum atomic E-state index is 0.102. The van der Waals surface area contributed by atoms with Crippen molar-refractivity contribution in [1.29, 1.82) is 0 Å². The summed E-state index contributed by atoms with van der Waals surface area (Å²) in [5, 5.41) is 2.30. The van der Waals surface area contributed by atoms with Crippen molar-refractivity contribution in [2.75, 3.05) is 5.01 Å². The van der Waals surface area contributed by atoms with E-state index in [0.717, 1.165) is 6.42 Å². The van der Waals surface area contributed by atoms with Crippen LogP contribution in [-0.4, -0.2) is 15.2 Å². The SMILES string of the molecule is CC1(C)Cc2ccccc2N1n1ccnc1. The quantitative estimate of drug-likeness (QED) is 0.725. The standard InChI is InChI=1S/C13H15N3/c1-13(2)9-11-5-3-4-6-12(11)16(13)15-8-7-14-10-15/h3-8,10H,9H2,1-2H3. The number of imidazole rings is 1. The molecule has 0 saturated carbocycles. The molecule has 1 aliphatic heterocycles. The van der Waals surface area contributed by atoms with Crippen LogP contribution in [0.3, 0.4) is 0 Å². The summed E-state index contributed by atoms with van der Waals surface area (Å²) < 4.78 is 2.06. The lowest BCUT2D eigenvalue weighted by Crippen LogP contribution is -2.44. The summed E-state index contributed by atoms with van der Waals surface area (Å²) in [5.74, 6) is 0. The maximum Gasteiger partial charge on any atom is 0.114 e. The Balaban J connectivity index is 2.16. The molecular weight excluding hydrogens is 198 g/mol. The Morgan fingerprint density at radius 2 is 2.06 bits per heavy atom. The lowest BCUT2D eigenvalue weighted by atomic mass is 10.0. The van der Waals surface area contributed by atoms with Gasteiger partial charge in [0, 0.05) is 12.4 Å². The molecule has 1 aromatic carbocycles. The molecule has 0 atom stereocenters. The van der Waals surface area contributed by atoms with Gasteiger partial charge < -0.3 is 0 Å². The van der Waals surface area contributed by atoms with Gasteiger partial charge in [0.25, 0.3) is 0 Å². The number of anilines is 1. The number of hydrogen-bond donors (Lipinski definition) is 0. The largest absolute Gasteiger partial charge is 0.274 e. The molecule has 3 rings (SSSR count). The first-order valence-corrected chi connectivity index (χ1v) is 5.55. The molecule has 1 aliphatic rings. The normalized spacial score (nSPS) is 17.5. The molecule has 3 nitrogen and oxygen atoms in total. The van der Waals surface area contributed by atoms with Crippen molar-refractivity contribution in [3.05, 3.63) is 48.5 Å². The minimum absolute atomic E-state index is 0.102. The van der Waals surface area contributed by atoms with Crippen LogP contribution >= 0.6 is 0 Å². The van der Waals surface area contributed by atoms with E-state index in [2.05, 4.69) is 52.8 Å². The fourth-order valence-electron chi connectivity index (χ4n) is 2.54. The third-order valence-corrected chi connectivity index (χ3v) is 3.14. The monoisotopic (exact) mass is 213 g/mol. The molecular formula is C13H15N3. The van der Waals surface area contributed by atoms with Gasteiger partial charge in [-0.05, 0) is 31.9 Å². The van der Waals surface area contributed by atoms with E-state index < -0.39 is 0 Å². The molecule has 2 aromatic rings. The van der Waals surface area contributed by atoms with Crippen LogP contribution in [0.4, 0.5) is 5.69 Å². The van der Waals surface area contributed by atoms with Crippen LogP contribution in [0, 0.1) is 0 Å². The van der Waals surface area contributed by atoms with Crippen LogP contribution in [0.25, 0.3) is 0 Å². The van der Waals surface area contributed by atoms with Gasteiger partial charge in [-0.2, -0.15) is 0 Å². The van der Waals surface area contributed by atoms with Crippen LogP contribution in [0.5, 0.6) is 0 Å². The minimum Gasteiger partial charge on any atom is -0.274 e. The predicted molar refractivity (Wildman–Crippen MR) is 64.3 cm³/mol. The van der Waals surface area contributed by atoms with E-state index in [0.29, 0.717) is 0 Å². The molecule has 82 valence electrons. The molecule has 0 radical (unpaired) electrons. The third kappa shape index (κ3) is 1.24. The summed E-state index contributed by atoms with van der Waals surface area (Å²) in [6, 6.07) is 8.56. The van der Waals surface area contributed by atoms with Gasteiger partial charge in [-0.15, -0.1) is 0 Å². The van der Waals surface area contributed by atoms with E-state index in [9.17, 15) is 0 Å². The van der Waals surface area contributed by atoms with E-state index in [4.69, 9.17) is 0 Å². The number of nitrogens with zero attached hydrogens (tertiary/aromatic N) is 3. The summed E-state index contributed by atoms with van der Waals surface area (Å²) in [7, 11) is 0. The smallest absolute Gasteiger partial charge is 0.114 e.